The Labute approximate surface area is 201 Å². The van der Waals surface area contributed by atoms with Crippen molar-refractivity contribution in [1.29, 1.82) is 0 Å². The minimum atomic E-state index is -0.540. The molecule has 0 aliphatic heterocycles. The number of carboxylic acid groups (broad SMARTS) is 1. The smallest absolute Gasteiger partial charge is 0.309 e. The van der Waals surface area contributed by atoms with Crippen LogP contribution < -0.4 is 0 Å². The second kappa shape index (κ2) is 7.11. The van der Waals surface area contributed by atoms with E-state index in [1.165, 1.54) is 12.8 Å². The van der Waals surface area contributed by atoms with Gasteiger partial charge in [0.15, 0.2) is 0 Å². The third-order valence-electron chi connectivity index (χ3n) is 13.5. The van der Waals surface area contributed by atoms with Gasteiger partial charge in [-0.05, 0) is 109 Å². The molecule has 0 aromatic rings. The van der Waals surface area contributed by atoms with E-state index in [0.29, 0.717) is 29.6 Å². The fraction of sp³-hybridized carbons (Fsp3) is 0.900. The Balaban J connectivity index is 1.61. The molecule has 0 radical (unpaired) electrons. The molecule has 33 heavy (non-hydrogen) atoms. The maximum atomic E-state index is 12.8. The van der Waals surface area contributed by atoms with Crippen molar-refractivity contribution in [3.05, 3.63) is 12.2 Å². The quantitative estimate of drug-likeness (QED) is 0.420. The number of aliphatic hydroxyl groups excluding tert-OH is 1. The predicted molar refractivity (Wildman–Crippen MR) is 133 cm³/mol. The zero-order valence-corrected chi connectivity index (χ0v) is 22.2. The molecule has 0 aromatic carbocycles. The zero-order chi connectivity index (χ0) is 24.2. The standard InChI is InChI=1S/C30H48O3/c1-18-10-15-30(25(32)33)17-16-28(6)20(24(30)19(18)2)8-9-22-27(5)13-12-23(31)26(3,4)21(27)11-14-29(22,28)7/h8-9,18-24,31H,10-17H2,1-7H3,(H,32,33). The largest absolute Gasteiger partial charge is 0.481 e. The van der Waals surface area contributed by atoms with Crippen LogP contribution in [0.4, 0.5) is 0 Å². The molecule has 0 spiro atoms. The molecule has 11 atom stereocenters. The van der Waals surface area contributed by atoms with Gasteiger partial charge in [0.1, 0.15) is 0 Å². The molecule has 3 heteroatoms. The topological polar surface area (TPSA) is 57.5 Å². The van der Waals surface area contributed by atoms with Gasteiger partial charge in [0.2, 0.25) is 0 Å². The lowest BCUT2D eigenvalue weighted by molar-refractivity contribution is -0.224. The molecule has 0 saturated heterocycles. The number of aliphatic hydroxyl groups is 1. The lowest BCUT2D eigenvalue weighted by atomic mass is 9.32. The molecular formula is C30H48O3. The summed E-state index contributed by atoms with van der Waals surface area (Å²) in [5.41, 5.74) is -0.0659. The number of fused-ring (bicyclic) bond motifs is 7. The SMILES string of the molecule is CC1CCC2(C(=O)O)CCC3(C)C(C=CC4C5(C)CCC(O)C(C)(C)C5CCC43C)C2C1C. The van der Waals surface area contributed by atoms with Gasteiger partial charge in [-0.1, -0.05) is 60.6 Å². The van der Waals surface area contributed by atoms with Crippen molar-refractivity contribution in [2.75, 3.05) is 0 Å². The van der Waals surface area contributed by atoms with Gasteiger partial charge in [-0.2, -0.15) is 0 Å². The van der Waals surface area contributed by atoms with E-state index in [0.717, 1.165) is 38.5 Å². The van der Waals surface area contributed by atoms with Crippen LogP contribution in [0.15, 0.2) is 12.2 Å². The molecule has 186 valence electrons. The Morgan fingerprint density at radius 1 is 0.848 bits per heavy atom. The molecule has 3 nitrogen and oxygen atoms in total. The van der Waals surface area contributed by atoms with E-state index in [1.807, 2.05) is 0 Å². The van der Waals surface area contributed by atoms with Crippen LogP contribution in [0, 0.1) is 62.6 Å². The lowest BCUT2D eigenvalue weighted by Crippen LogP contribution is -2.67. The van der Waals surface area contributed by atoms with Gasteiger partial charge in [-0.15, -0.1) is 0 Å². The molecule has 4 saturated carbocycles. The summed E-state index contributed by atoms with van der Waals surface area (Å²) in [6.07, 6.45) is 13.1. The Kier molecular flexibility index (Phi) is 5.15. The maximum absolute atomic E-state index is 12.8. The van der Waals surface area contributed by atoms with Crippen molar-refractivity contribution in [3.63, 3.8) is 0 Å². The molecule has 2 N–H and O–H groups in total. The summed E-state index contributed by atoms with van der Waals surface area (Å²) >= 11 is 0. The predicted octanol–water partition coefficient (Wildman–Crippen LogP) is 6.95. The summed E-state index contributed by atoms with van der Waals surface area (Å²) in [5, 5.41) is 21.4. The summed E-state index contributed by atoms with van der Waals surface area (Å²) in [4.78, 5) is 12.8. The Morgan fingerprint density at radius 2 is 1.55 bits per heavy atom. The van der Waals surface area contributed by atoms with Gasteiger partial charge in [-0.25, -0.2) is 0 Å². The fourth-order valence-corrected chi connectivity index (χ4v) is 10.9. The number of hydrogen-bond donors (Lipinski definition) is 2. The third kappa shape index (κ3) is 2.75. The van der Waals surface area contributed by atoms with Crippen LogP contribution in [0.2, 0.25) is 0 Å². The van der Waals surface area contributed by atoms with Crippen molar-refractivity contribution in [2.24, 2.45) is 62.6 Å². The first-order valence-corrected chi connectivity index (χ1v) is 13.9. The third-order valence-corrected chi connectivity index (χ3v) is 13.5. The van der Waals surface area contributed by atoms with Crippen LogP contribution >= 0.6 is 0 Å². The van der Waals surface area contributed by atoms with Crippen molar-refractivity contribution >= 4 is 5.97 Å². The van der Waals surface area contributed by atoms with Gasteiger partial charge in [0.05, 0.1) is 11.5 Å². The molecule has 0 bridgehead atoms. The molecule has 5 rings (SSSR count). The van der Waals surface area contributed by atoms with Crippen LogP contribution in [-0.2, 0) is 4.79 Å². The maximum Gasteiger partial charge on any atom is 0.309 e. The van der Waals surface area contributed by atoms with Gasteiger partial charge in [-0.3, -0.25) is 4.79 Å². The van der Waals surface area contributed by atoms with E-state index in [9.17, 15) is 15.0 Å². The highest BCUT2D eigenvalue weighted by atomic mass is 16.4. The van der Waals surface area contributed by atoms with Crippen molar-refractivity contribution in [3.8, 4) is 0 Å². The van der Waals surface area contributed by atoms with E-state index in [2.05, 4.69) is 60.6 Å². The highest BCUT2D eigenvalue weighted by molar-refractivity contribution is 5.76. The molecule has 11 unspecified atom stereocenters. The lowest BCUT2D eigenvalue weighted by Gasteiger charge is -2.72. The Hall–Kier alpha value is -0.830. The van der Waals surface area contributed by atoms with Crippen LogP contribution in [0.3, 0.4) is 0 Å². The number of rotatable bonds is 1. The molecule has 5 aliphatic rings. The number of aliphatic carboxylic acids is 1. The van der Waals surface area contributed by atoms with Crippen molar-refractivity contribution in [1.82, 2.24) is 0 Å². The van der Waals surface area contributed by atoms with Crippen LogP contribution in [0.1, 0.15) is 99.8 Å². The van der Waals surface area contributed by atoms with E-state index in [-0.39, 0.29) is 33.7 Å². The second-order valence-corrected chi connectivity index (χ2v) is 14.6. The van der Waals surface area contributed by atoms with Gasteiger partial charge in [0.25, 0.3) is 0 Å². The fourth-order valence-electron chi connectivity index (χ4n) is 10.9. The highest BCUT2D eigenvalue weighted by Crippen LogP contribution is 2.75. The average Bonchev–Trinajstić information content (AvgIpc) is 2.74. The van der Waals surface area contributed by atoms with Gasteiger partial charge < -0.3 is 10.2 Å². The zero-order valence-electron chi connectivity index (χ0n) is 22.2. The molecule has 5 aliphatic carbocycles. The molecule has 0 aromatic heterocycles. The summed E-state index contributed by atoms with van der Waals surface area (Å²) in [6.45, 7) is 16.9. The normalized spacial score (nSPS) is 57.3. The van der Waals surface area contributed by atoms with Crippen LogP contribution in [-0.4, -0.2) is 22.3 Å². The molecule has 4 fully saturated rings. The van der Waals surface area contributed by atoms with E-state index >= 15 is 0 Å². The first-order valence-electron chi connectivity index (χ1n) is 13.9. The van der Waals surface area contributed by atoms with E-state index < -0.39 is 11.4 Å². The monoisotopic (exact) mass is 456 g/mol. The molecule has 0 amide bonds. The first-order chi connectivity index (χ1) is 15.3. The first kappa shape index (κ1) is 23.9. The summed E-state index contributed by atoms with van der Waals surface area (Å²) in [6, 6.07) is 0. The summed E-state index contributed by atoms with van der Waals surface area (Å²) in [7, 11) is 0. The van der Waals surface area contributed by atoms with E-state index in [4.69, 9.17) is 0 Å². The van der Waals surface area contributed by atoms with Crippen LogP contribution in [0.25, 0.3) is 0 Å². The Bertz CT molecular complexity index is 861. The summed E-state index contributed by atoms with van der Waals surface area (Å²) < 4.78 is 0. The van der Waals surface area contributed by atoms with Crippen molar-refractivity contribution in [2.45, 2.75) is 106 Å². The van der Waals surface area contributed by atoms with Crippen LogP contribution in [0.5, 0.6) is 0 Å². The molecule has 0 heterocycles. The molecular weight excluding hydrogens is 408 g/mol. The van der Waals surface area contributed by atoms with Crippen molar-refractivity contribution < 1.29 is 15.0 Å². The minimum Gasteiger partial charge on any atom is -0.481 e. The number of carboxylic acids is 1. The number of hydrogen-bond acceptors (Lipinski definition) is 2. The van der Waals surface area contributed by atoms with Gasteiger partial charge in [0, 0.05) is 0 Å². The second-order valence-electron chi connectivity index (χ2n) is 14.6. The minimum absolute atomic E-state index is 0.0434. The number of allylic oxidation sites excluding steroid dienone is 2. The van der Waals surface area contributed by atoms with Gasteiger partial charge >= 0.3 is 5.97 Å². The highest BCUT2D eigenvalue weighted by Gasteiger charge is 2.70. The Morgan fingerprint density at radius 3 is 2.21 bits per heavy atom. The average molecular weight is 457 g/mol. The van der Waals surface area contributed by atoms with E-state index in [1.54, 1.807) is 0 Å². The number of carbonyl (C=O) groups is 1. The summed E-state index contributed by atoms with van der Waals surface area (Å²) in [5.74, 6) is 2.13.